The van der Waals surface area contributed by atoms with Crippen molar-refractivity contribution in [3.63, 3.8) is 0 Å². The van der Waals surface area contributed by atoms with Gasteiger partial charge >= 0.3 is 0 Å². The van der Waals surface area contributed by atoms with Crippen molar-refractivity contribution < 1.29 is 0 Å². The largest absolute Gasteiger partial charge is 0.365 e. The molecular weight excluding hydrogens is 345 g/mol. The molecule has 1 aromatic carbocycles. The third kappa shape index (κ3) is 2.82. The van der Waals surface area contributed by atoms with Crippen LogP contribution in [0.25, 0.3) is 5.78 Å². The van der Waals surface area contributed by atoms with Gasteiger partial charge in [0, 0.05) is 22.2 Å². The fraction of sp³-hybridized carbons (Fsp3) is 0.353. The van der Waals surface area contributed by atoms with Gasteiger partial charge in [0.15, 0.2) is 0 Å². The van der Waals surface area contributed by atoms with Gasteiger partial charge in [-0.15, -0.1) is 0 Å². The lowest BCUT2D eigenvalue weighted by Crippen LogP contribution is -2.19. The van der Waals surface area contributed by atoms with E-state index in [1.165, 1.54) is 11.9 Å². The number of hydrogen-bond donors (Lipinski definition) is 1. The zero-order valence-electron chi connectivity index (χ0n) is 13.3. The van der Waals surface area contributed by atoms with Gasteiger partial charge in [0.05, 0.1) is 5.69 Å². The second kappa shape index (κ2) is 6.22. The van der Waals surface area contributed by atoms with Crippen molar-refractivity contribution >= 4 is 34.8 Å². The first-order valence-electron chi connectivity index (χ1n) is 8.01. The van der Waals surface area contributed by atoms with Crippen LogP contribution in [-0.2, 0) is 19.4 Å². The van der Waals surface area contributed by atoms with E-state index < -0.39 is 0 Å². The summed E-state index contributed by atoms with van der Waals surface area (Å²) in [6, 6.07) is 5.54. The van der Waals surface area contributed by atoms with Crippen molar-refractivity contribution in [1.29, 1.82) is 0 Å². The molecule has 124 valence electrons. The number of nitrogens with one attached hydrogen (secondary N) is 1. The molecule has 7 heteroatoms. The smallest absolute Gasteiger partial charge is 0.254 e. The Morgan fingerprint density at radius 2 is 2.21 bits per heavy atom. The minimum atomic E-state index is 0.594. The van der Waals surface area contributed by atoms with Gasteiger partial charge < -0.3 is 5.32 Å². The zero-order chi connectivity index (χ0) is 16.7. The molecular formula is C17H17Cl2N5. The molecule has 0 saturated heterocycles. The van der Waals surface area contributed by atoms with Crippen LogP contribution in [0.3, 0.4) is 0 Å². The molecule has 0 spiro atoms. The van der Waals surface area contributed by atoms with Gasteiger partial charge in [0.25, 0.3) is 5.78 Å². The molecule has 0 bridgehead atoms. The number of anilines is 1. The molecule has 0 unspecified atom stereocenters. The number of fused-ring (bicyclic) bond motifs is 2. The van der Waals surface area contributed by atoms with E-state index >= 15 is 0 Å². The summed E-state index contributed by atoms with van der Waals surface area (Å²) in [5, 5.41) is 9.10. The van der Waals surface area contributed by atoms with E-state index in [0.717, 1.165) is 36.3 Å². The Balaban J connectivity index is 1.71. The first-order chi connectivity index (χ1) is 11.6. The Labute approximate surface area is 150 Å². The van der Waals surface area contributed by atoms with Gasteiger partial charge in [-0.25, -0.2) is 4.98 Å². The first kappa shape index (κ1) is 15.7. The summed E-state index contributed by atoms with van der Waals surface area (Å²) in [7, 11) is 0. The summed E-state index contributed by atoms with van der Waals surface area (Å²) < 4.78 is 1.78. The molecule has 4 rings (SSSR count). The third-order valence-corrected chi connectivity index (χ3v) is 5.09. The standard InChI is InChI=1S/C17H17Cl2N5/c1-10-2-5-13-15(6-10)23-17-21-9-22-24(17)16(13)20-8-11-3-4-12(18)7-14(11)19/h3-4,7,9-10,20H,2,5-6,8H2,1H3/t10-/m0/s1. The molecule has 1 N–H and O–H groups in total. The number of rotatable bonds is 3. The van der Waals surface area contributed by atoms with Crippen LogP contribution in [0.4, 0.5) is 5.82 Å². The van der Waals surface area contributed by atoms with Gasteiger partial charge in [-0.05, 0) is 42.9 Å². The first-order valence-corrected chi connectivity index (χ1v) is 8.76. The zero-order valence-corrected chi connectivity index (χ0v) is 14.8. The van der Waals surface area contributed by atoms with Gasteiger partial charge in [-0.2, -0.15) is 14.6 Å². The van der Waals surface area contributed by atoms with Crippen LogP contribution in [0.15, 0.2) is 24.5 Å². The molecule has 1 atom stereocenters. The lowest BCUT2D eigenvalue weighted by atomic mass is 9.88. The maximum atomic E-state index is 6.28. The molecule has 1 aliphatic carbocycles. The molecule has 0 fully saturated rings. The molecule has 0 amide bonds. The van der Waals surface area contributed by atoms with Crippen LogP contribution >= 0.6 is 23.2 Å². The monoisotopic (exact) mass is 361 g/mol. The Morgan fingerprint density at radius 1 is 1.33 bits per heavy atom. The van der Waals surface area contributed by atoms with E-state index in [0.29, 0.717) is 28.3 Å². The van der Waals surface area contributed by atoms with Gasteiger partial charge in [0.1, 0.15) is 12.1 Å². The highest BCUT2D eigenvalue weighted by Crippen LogP contribution is 2.30. The predicted octanol–water partition coefficient (Wildman–Crippen LogP) is 4.17. The van der Waals surface area contributed by atoms with Gasteiger partial charge in [-0.3, -0.25) is 0 Å². The third-order valence-electron chi connectivity index (χ3n) is 4.50. The van der Waals surface area contributed by atoms with Crippen LogP contribution in [0, 0.1) is 5.92 Å². The molecule has 2 heterocycles. The molecule has 0 aliphatic heterocycles. The highest BCUT2D eigenvalue weighted by molar-refractivity contribution is 6.35. The van der Waals surface area contributed by atoms with Crippen molar-refractivity contribution in [2.75, 3.05) is 5.32 Å². The van der Waals surface area contributed by atoms with E-state index in [4.69, 9.17) is 23.2 Å². The molecule has 2 aromatic heterocycles. The van der Waals surface area contributed by atoms with E-state index in [1.54, 1.807) is 10.6 Å². The lowest BCUT2D eigenvalue weighted by molar-refractivity contribution is 0.491. The Morgan fingerprint density at radius 3 is 3.04 bits per heavy atom. The van der Waals surface area contributed by atoms with Crippen molar-refractivity contribution in [3.8, 4) is 0 Å². The maximum absolute atomic E-state index is 6.28. The summed E-state index contributed by atoms with van der Waals surface area (Å²) in [6.07, 6.45) is 4.67. The minimum absolute atomic E-state index is 0.594. The second-order valence-electron chi connectivity index (χ2n) is 6.29. The lowest BCUT2D eigenvalue weighted by Gasteiger charge is -2.23. The number of halogens is 2. The summed E-state index contributed by atoms with van der Waals surface area (Å²) in [4.78, 5) is 8.93. The Hall–Kier alpha value is -1.85. The molecule has 5 nitrogen and oxygen atoms in total. The average molecular weight is 362 g/mol. The molecule has 0 saturated carbocycles. The van der Waals surface area contributed by atoms with Crippen molar-refractivity contribution in [2.24, 2.45) is 5.92 Å². The van der Waals surface area contributed by atoms with Crippen LogP contribution in [-0.4, -0.2) is 19.6 Å². The van der Waals surface area contributed by atoms with Crippen molar-refractivity contribution in [1.82, 2.24) is 19.6 Å². The van der Waals surface area contributed by atoms with Crippen molar-refractivity contribution in [3.05, 3.63) is 51.4 Å². The van der Waals surface area contributed by atoms with Crippen LogP contribution < -0.4 is 5.32 Å². The Bertz CT molecular complexity index is 905. The van der Waals surface area contributed by atoms with Gasteiger partial charge in [0.2, 0.25) is 0 Å². The van der Waals surface area contributed by atoms with Gasteiger partial charge in [-0.1, -0.05) is 36.2 Å². The molecule has 24 heavy (non-hydrogen) atoms. The quantitative estimate of drug-likeness (QED) is 0.760. The predicted molar refractivity (Wildman–Crippen MR) is 95.8 cm³/mol. The van der Waals surface area contributed by atoms with Crippen LogP contribution in [0.1, 0.15) is 30.2 Å². The summed E-state index contributed by atoms with van der Waals surface area (Å²) >= 11 is 12.3. The highest BCUT2D eigenvalue weighted by atomic mass is 35.5. The fourth-order valence-corrected chi connectivity index (χ4v) is 3.68. The number of nitrogens with zero attached hydrogens (tertiary/aromatic N) is 4. The minimum Gasteiger partial charge on any atom is -0.365 e. The Kier molecular flexibility index (Phi) is 4.06. The maximum Gasteiger partial charge on any atom is 0.254 e. The van der Waals surface area contributed by atoms with Crippen LogP contribution in [0.2, 0.25) is 10.0 Å². The van der Waals surface area contributed by atoms with E-state index in [9.17, 15) is 0 Å². The summed E-state index contributed by atoms with van der Waals surface area (Å²) in [6.45, 7) is 2.86. The summed E-state index contributed by atoms with van der Waals surface area (Å²) in [5.41, 5.74) is 3.35. The fourth-order valence-electron chi connectivity index (χ4n) is 3.20. The average Bonchev–Trinajstić information content (AvgIpc) is 3.00. The number of benzene rings is 1. The van der Waals surface area contributed by atoms with E-state index in [-0.39, 0.29) is 0 Å². The topological polar surface area (TPSA) is 55.1 Å². The second-order valence-corrected chi connectivity index (χ2v) is 7.14. The van der Waals surface area contributed by atoms with E-state index in [2.05, 4.69) is 27.3 Å². The number of hydrogen-bond acceptors (Lipinski definition) is 4. The SMILES string of the molecule is C[C@H]1CCc2c(nc3ncnn3c2NCc2ccc(Cl)cc2Cl)C1. The highest BCUT2D eigenvalue weighted by Gasteiger charge is 2.22. The molecule has 0 radical (unpaired) electrons. The summed E-state index contributed by atoms with van der Waals surface area (Å²) in [5.74, 6) is 2.24. The van der Waals surface area contributed by atoms with Crippen LogP contribution in [0.5, 0.6) is 0 Å². The molecule has 3 aromatic rings. The van der Waals surface area contributed by atoms with Crippen molar-refractivity contribution in [2.45, 2.75) is 32.7 Å². The number of aromatic nitrogens is 4. The normalized spacial score (nSPS) is 17.0. The molecule has 1 aliphatic rings. The van der Waals surface area contributed by atoms with E-state index in [1.807, 2.05) is 12.1 Å².